The lowest BCUT2D eigenvalue weighted by Gasteiger charge is -2.16. The predicted molar refractivity (Wildman–Crippen MR) is 72.2 cm³/mol. The first-order valence-corrected chi connectivity index (χ1v) is 7.49. The van der Waals surface area contributed by atoms with Crippen LogP contribution in [0.1, 0.15) is 13.8 Å². The Morgan fingerprint density at radius 1 is 1.06 bits per heavy atom. The molecule has 1 aromatic carbocycles. The van der Waals surface area contributed by atoms with Crippen molar-refractivity contribution in [3.63, 3.8) is 0 Å². The average Bonchev–Trinajstić information content (AvgIpc) is 2.39. The minimum absolute atomic E-state index is 0.325. The number of aromatic nitrogens is 1. The molecule has 0 saturated heterocycles. The third-order valence-electron chi connectivity index (χ3n) is 2.46. The molecule has 18 heavy (non-hydrogen) atoms. The van der Waals surface area contributed by atoms with Crippen molar-refractivity contribution < 1.29 is 13.6 Å². The van der Waals surface area contributed by atoms with E-state index in [0.29, 0.717) is 18.6 Å². The number of hydrogen-bond donors (Lipinski definition) is 0. The average molecular weight is 265 g/mol. The number of fused-ring (bicyclic) bond motifs is 1. The molecule has 0 aliphatic heterocycles. The van der Waals surface area contributed by atoms with E-state index in [0.717, 1.165) is 10.9 Å². The third kappa shape index (κ3) is 2.61. The van der Waals surface area contributed by atoms with Gasteiger partial charge < -0.3 is 9.05 Å². The predicted octanol–water partition coefficient (Wildman–Crippen LogP) is 3.13. The van der Waals surface area contributed by atoms with Gasteiger partial charge in [-0.15, -0.1) is 0 Å². The van der Waals surface area contributed by atoms with E-state index in [4.69, 9.17) is 9.05 Å². The van der Waals surface area contributed by atoms with E-state index in [2.05, 4.69) is 4.98 Å². The second-order valence-electron chi connectivity index (χ2n) is 3.70. The summed E-state index contributed by atoms with van der Waals surface area (Å²) in [4.78, 5) is 4.37. The summed E-state index contributed by atoms with van der Waals surface area (Å²) in [7, 11) is -3.29. The second kappa shape index (κ2) is 5.61. The van der Waals surface area contributed by atoms with Crippen molar-refractivity contribution in [2.24, 2.45) is 0 Å². The minimum Gasteiger partial charge on any atom is -0.304 e. The number of para-hydroxylation sites is 1. The largest absolute Gasteiger partial charge is 0.379 e. The van der Waals surface area contributed by atoms with Crippen LogP contribution in [0.5, 0.6) is 0 Å². The molecule has 0 aliphatic rings. The number of benzene rings is 1. The number of nitrogens with zero attached hydrogens (tertiary/aromatic N) is 1. The smallest absolute Gasteiger partial charge is 0.304 e. The van der Waals surface area contributed by atoms with E-state index < -0.39 is 7.60 Å². The molecular weight excluding hydrogens is 249 g/mol. The van der Waals surface area contributed by atoms with Crippen LogP contribution in [0.3, 0.4) is 0 Å². The second-order valence-corrected chi connectivity index (χ2v) is 5.66. The molecule has 1 heterocycles. The maximum absolute atomic E-state index is 12.6. The van der Waals surface area contributed by atoms with Gasteiger partial charge in [-0.3, -0.25) is 4.57 Å². The molecule has 0 spiro atoms. The van der Waals surface area contributed by atoms with Crippen molar-refractivity contribution in [3.8, 4) is 0 Å². The number of rotatable bonds is 5. The van der Waals surface area contributed by atoms with Crippen LogP contribution < -0.4 is 5.44 Å². The van der Waals surface area contributed by atoms with Crippen LogP contribution in [0.15, 0.2) is 36.4 Å². The molecule has 5 heteroatoms. The Morgan fingerprint density at radius 3 is 2.39 bits per heavy atom. The third-order valence-corrected chi connectivity index (χ3v) is 4.47. The molecule has 0 amide bonds. The molecule has 0 N–H and O–H groups in total. The lowest BCUT2D eigenvalue weighted by Crippen LogP contribution is -2.14. The molecule has 0 unspecified atom stereocenters. The van der Waals surface area contributed by atoms with E-state index >= 15 is 0 Å². The van der Waals surface area contributed by atoms with Crippen LogP contribution >= 0.6 is 7.60 Å². The van der Waals surface area contributed by atoms with Gasteiger partial charge in [0, 0.05) is 5.39 Å². The van der Waals surface area contributed by atoms with Crippen molar-refractivity contribution in [2.75, 3.05) is 13.2 Å². The van der Waals surface area contributed by atoms with Crippen molar-refractivity contribution in [1.82, 2.24) is 4.98 Å². The Balaban J connectivity index is 2.47. The molecule has 4 nitrogen and oxygen atoms in total. The Bertz CT molecular complexity index is 575. The van der Waals surface area contributed by atoms with Crippen molar-refractivity contribution in [1.29, 1.82) is 0 Å². The van der Waals surface area contributed by atoms with Crippen LogP contribution in [-0.4, -0.2) is 18.2 Å². The Labute approximate surface area is 106 Å². The summed E-state index contributed by atoms with van der Waals surface area (Å²) in [6.07, 6.45) is 0. The summed E-state index contributed by atoms with van der Waals surface area (Å²) >= 11 is 0. The highest BCUT2D eigenvalue weighted by Gasteiger charge is 2.28. The normalized spacial score (nSPS) is 11.9. The van der Waals surface area contributed by atoms with E-state index in [-0.39, 0.29) is 0 Å². The van der Waals surface area contributed by atoms with Gasteiger partial charge in [-0.1, -0.05) is 24.3 Å². The molecule has 0 atom stereocenters. The first kappa shape index (κ1) is 13.2. The van der Waals surface area contributed by atoms with E-state index in [1.165, 1.54) is 0 Å². The molecule has 96 valence electrons. The summed E-state index contributed by atoms with van der Waals surface area (Å²) in [6.45, 7) is 4.22. The van der Waals surface area contributed by atoms with Crippen LogP contribution in [0.2, 0.25) is 0 Å². The highest BCUT2D eigenvalue weighted by atomic mass is 31.2. The van der Waals surface area contributed by atoms with Gasteiger partial charge in [-0.05, 0) is 26.0 Å². The SMILES string of the molecule is CCOP(=O)(OCC)c1ccc2ccccc2n1. The molecule has 1 aromatic heterocycles. The van der Waals surface area contributed by atoms with E-state index in [1.54, 1.807) is 19.9 Å². The minimum atomic E-state index is -3.29. The number of hydrogen-bond acceptors (Lipinski definition) is 4. The van der Waals surface area contributed by atoms with Crippen molar-refractivity contribution in [2.45, 2.75) is 13.8 Å². The van der Waals surface area contributed by atoms with Gasteiger partial charge in [0.2, 0.25) is 0 Å². The fourth-order valence-electron chi connectivity index (χ4n) is 1.72. The van der Waals surface area contributed by atoms with Crippen LogP contribution in [-0.2, 0) is 13.6 Å². The quantitative estimate of drug-likeness (QED) is 0.779. The summed E-state index contributed by atoms with van der Waals surface area (Å²) in [5.74, 6) is 0. The van der Waals surface area contributed by atoms with Gasteiger partial charge in [0.05, 0.1) is 18.7 Å². The lowest BCUT2D eigenvalue weighted by molar-refractivity contribution is 0.229. The van der Waals surface area contributed by atoms with Crippen molar-refractivity contribution in [3.05, 3.63) is 36.4 Å². The maximum Gasteiger partial charge on any atom is 0.379 e. The molecule has 2 rings (SSSR count). The Kier molecular flexibility index (Phi) is 4.12. The van der Waals surface area contributed by atoms with Crippen LogP contribution in [0.25, 0.3) is 10.9 Å². The van der Waals surface area contributed by atoms with Crippen LogP contribution in [0, 0.1) is 0 Å². The van der Waals surface area contributed by atoms with Gasteiger partial charge in [0.1, 0.15) is 0 Å². The molecule has 0 saturated carbocycles. The zero-order chi connectivity index (χ0) is 13.0. The van der Waals surface area contributed by atoms with E-state index in [1.807, 2.05) is 30.3 Å². The molecular formula is C13H16NO3P. The van der Waals surface area contributed by atoms with Crippen LogP contribution in [0.4, 0.5) is 0 Å². The zero-order valence-electron chi connectivity index (χ0n) is 10.5. The fourth-order valence-corrected chi connectivity index (χ4v) is 3.22. The molecule has 0 bridgehead atoms. The topological polar surface area (TPSA) is 48.4 Å². The molecule has 0 radical (unpaired) electrons. The lowest BCUT2D eigenvalue weighted by atomic mass is 10.2. The summed E-state index contributed by atoms with van der Waals surface area (Å²) < 4.78 is 23.1. The van der Waals surface area contributed by atoms with Gasteiger partial charge >= 0.3 is 7.60 Å². The standard InChI is InChI=1S/C13H16NO3P/c1-3-16-18(15,17-4-2)13-10-9-11-7-5-6-8-12(11)14-13/h5-10H,3-4H2,1-2H3. The first-order valence-electron chi connectivity index (χ1n) is 5.95. The van der Waals surface area contributed by atoms with Gasteiger partial charge in [0.25, 0.3) is 0 Å². The van der Waals surface area contributed by atoms with Crippen molar-refractivity contribution >= 4 is 23.9 Å². The first-order chi connectivity index (χ1) is 8.69. The highest BCUT2D eigenvalue weighted by molar-refractivity contribution is 7.61. The Hall–Kier alpha value is -1.22. The highest BCUT2D eigenvalue weighted by Crippen LogP contribution is 2.46. The van der Waals surface area contributed by atoms with E-state index in [9.17, 15) is 4.57 Å². The zero-order valence-corrected chi connectivity index (χ0v) is 11.4. The number of pyridine rings is 1. The molecule has 0 aliphatic carbocycles. The summed E-state index contributed by atoms with van der Waals surface area (Å²) in [6, 6.07) is 11.2. The molecule has 2 aromatic rings. The summed E-state index contributed by atoms with van der Waals surface area (Å²) in [5.41, 5.74) is 1.15. The molecule has 0 fully saturated rings. The fraction of sp³-hybridized carbons (Fsp3) is 0.308. The van der Waals surface area contributed by atoms with Gasteiger partial charge in [-0.2, -0.15) is 0 Å². The van der Waals surface area contributed by atoms with Gasteiger partial charge in [0.15, 0.2) is 5.44 Å². The summed E-state index contributed by atoms with van der Waals surface area (Å²) in [5, 5.41) is 1.00. The monoisotopic (exact) mass is 265 g/mol. The maximum atomic E-state index is 12.6. The Morgan fingerprint density at radius 2 is 1.72 bits per heavy atom. The van der Waals surface area contributed by atoms with Gasteiger partial charge in [-0.25, -0.2) is 4.98 Å².